The molecular formula is C33H46F3N6OS+. The summed E-state index contributed by atoms with van der Waals surface area (Å²) < 4.78 is 46.7. The van der Waals surface area contributed by atoms with Gasteiger partial charge in [0.15, 0.2) is 6.17 Å². The number of nitrogens with one attached hydrogen (secondary N) is 1. The average molecular weight is 632 g/mol. The Hall–Kier alpha value is -2.18. The van der Waals surface area contributed by atoms with Crippen molar-refractivity contribution in [2.75, 3.05) is 39.9 Å². The molecule has 4 fully saturated rings. The van der Waals surface area contributed by atoms with E-state index in [1.165, 1.54) is 71.1 Å². The topological polar surface area (TPSA) is 44.9 Å². The second kappa shape index (κ2) is 11.9. The molecule has 0 aromatic carbocycles. The van der Waals surface area contributed by atoms with Gasteiger partial charge in [0.05, 0.1) is 35.8 Å². The van der Waals surface area contributed by atoms with Crippen LogP contribution in [0.1, 0.15) is 86.6 Å². The minimum Gasteiger partial charge on any atom is -0.299 e. The molecule has 1 spiro atoms. The first-order valence-electron chi connectivity index (χ1n) is 16.6. The number of hydrogen-bond donors (Lipinski definition) is 1. The van der Waals surface area contributed by atoms with E-state index < -0.39 is 17.4 Å². The highest BCUT2D eigenvalue weighted by Crippen LogP contribution is 2.48. The number of halogens is 3. The van der Waals surface area contributed by atoms with E-state index in [0.29, 0.717) is 41.7 Å². The number of quaternary nitrogens is 1. The third-order valence-electron chi connectivity index (χ3n) is 10.9. The van der Waals surface area contributed by atoms with E-state index >= 15 is 0 Å². The molecule has 7 rings (SSSR count). The fraction of sp³-hybridized carbons (Fsp3) is 0.667. The quantitative estimate of drug-likeness (QED) is 0.320. The number of thiophene rings is 1. The van der Waals surface area contributed by atoms with Gasteiger partial charge < -0.3 is 0 Å². The second-order valence-electron chi connectivity index (χ2n) is 14.1. The fourth-order valence-electron chi connectivity index (χ4n) is 8.57. The van der Waals surface area contributed by atoms with Gasteiger partial charge in [0.2, 0.25) is 0 Å². The van der Waals surface area contributed by atoms with Crippen molar-refractivity contribution in [3.63, 3.8) is 0 Å². The number of pyridine rings is 1. The van der Waals surface area contributed by atoms with Crippen LogP contribution in [0, 0.1) is 11.8 Å². The van der Waals surface area contributed by atoms with Crippen molar-refractivity contribution >= 4 is 16.9 Å². The standard InChI is InChI=1S/C33H46F3N6OS/c1-23-9-8-12-39(17-23)18-24-15-27(33(34,35)36)28-20-40(32(43)41(28)19-24)26-16-29(44-21-26)30(25-10-7-11-25)31-38(2)22-37-42(31)13-5-3-4-6-14-42/h15-16,19-21,23,25,30-31,37H,3-14,17-18,22H2,1-2H3/q+1/t23-,30+,31?/m0/s1. The molecule has 11 heteroatoms. The predicted molar refractivity (Wildman–Crippen MR) is 168 cm³/mol. The molecule has 1 saturated carbocycles. The van der Waals surface area contributed by atoms with Crippen molar-refractivity contribution in [2.24, 2.45) is 11.8 Å². The summed E-state index contributed by atoms with van der Waals surface area (Å²) in [6.07, 6.45) is 9.59. The van der Waals surface area contributed by atoms with Gasteiger partial charge in [-0.25, -0.2) is 14.3 Å². The number of nitrogens with zero attached hydrogens (tertiary/aromatic N) is 5. The average Bonchev–Trinajstić information content (AvgIpc) is 3.58. The zero-order valence-electron chi connectivity index (χ0n) is 26.0. The Bertz CT molecular complexity index is 1530. The normalized spacial score (nSPS) is 26.3. The van der Waals surface area contributed by atoms with Gasteiger partial charge in [0.25, 0.3) is 0 Å². The molecule has 240 valence electrons. The van der Waals surface area contributed by atoms with Crippen LogP contribution in [0.2, 0.25) is 0 Å². The van der Waals surface area contributed by atoms with Crippen molar-refractivity contribution in [3.8, 4) is 5.69 Å². The summed E-state index contributed by atoms with van der Waals surface area (Å²) in [5.41, 5.74) is 3.80. The minimum absolute atomic E-state index is 0.0876. The summed E-state index contributed by atoms with van der Waals surface area (Å²) in [6.45, 7) is 7.43. The summed E-state index contributed by atoms with van der Waals surface area (Å²) in [6, 6.07) is 3.34. The number of rotatable bonds is 6. The van der Waals surface area contributed by atoms with Gasteiger partial charge in [-0.15, -0.1) is 11.3 Å². The van der Waals surface area contributed by atoms with E-state index in [0.717, 1.165) is 50.3 Å². The maximum absolute atomic E-state index is 14.4. The van der Waals surface area contributed by atoms with E-state index in [9.17, 15) is 18.0 Å². The Balaban J connectivity index is 1.25. The van der Waals surface area contributed by atoms with Gasteiger partial charge in [-0.05, 0) is 94.5 Å². The third kappa shape index (κ3) is 5.57. The molecule has 3 atom stereocenters. The van der Waals surface area contributed by atoms with E-state index in [1.807, 2.05) is 5.38 Å². The van der Waals surface area contributed by atoms with Crippen LogP contribution in [0.5, 0.6) is 0 Å². The molecular weight excluding hydrogens is 585 g/mol. The first kappa shape index (κ1) is 30.5. The lowest BCUT2D eigenvalue weighted by molar-refractivity contribution is -0.984. The minimum atomic E-state index is -4.56. The lowest BCUT2D eigenvalue weighted by Crippen LogP contribution is -2.63. The summed E-state index contributed by atoms with van der Waals surface area (Å²) >= 11 is 1.66. The number of likely N-dealkylation sites (N-methyl/N-ethyl adjacent to an activating group) is 1. The highest BCUT2D eigenvalue weighted by atomic mass is 32.1. The first-order valence-corrected chi connectivity index (χ1v) is 17.5. The van der Waals surface area contributed by atoms with Crippen molar-refractivity contribution in [1.29, 1.82) is 0 Å². The van der Waals surface area contributed by atoms with Crippen LogP contribution in [0.3, 0.4) is 0 Å². The zero-order valence-corrected chi connectivity index (χ0v) is 26.8. The van der Waals surface area contributed by atoms with Crippen molar-refractivity contribution in [3.05, 3.63) is 56.4 Å². The first-order chi connectivity index (χ1) is 21.1. The smallest absolute Gasteiger partial charge is 0.299 e. The van der Waals surface area contributed by atoms with Gasteiger partial charge in [0, 0.05) is 35.7 Å². The maximum Gasteiger partial charge on any atom is 0.418 e. The Labute approximate surface area is 261 Å². The van der Waals surface area contributed by atoms with Crippen LogP contribution in [0.25, 0.3) is 11.2 Å². The number of alkyl halides is 3. The number of piperidine rings is 1. The molecule has 3 aromatic rings. The monoisotopic (exact) mass is 631 g/mol. The molecule has 7 nitrogen and oxygen atoms in total. The summed E-state index contributed by atoms with van der Waals surface area (Å²) in [4.78, 5) is 19.7. The van der Waals surface area contributed by atoms with Crippen molar-refractivity contribution in [2.45, 2.75) is 89.5 Å². The highest BCUT2D eigenvalue weighted by molar-refractivity contribution is 7.10. The number of aromatic nitrogens is 2. The largest absolute Gasteiger partial charge is 0.418 e. The fourth-order valence-corrected chi connectivity index (χ4v) is 9.67. The SMILES string of the molecule is C[C@H]1CCCN(Cc2cc(C(F)(F)F)c3cn(-c4csc([C@@H](C5CCC5)C5N(C)CN[N+]56CCCCCC6)c4)c(=O)n3c2)C1. The van der Waals surface area contributed by atoms with Gasteiger partial charge in [-0.2, -0.15) is 18.6 Å². The summed E-state index contributed by atoms with van der Waals surface area (Å²) in [5.74, 6) is 1.41. The molecule has 3 aliphatic heterocycles. The molecule has 6 heterocycles. The van der Waals surface area contributed by atoms with Crippen LogP contribution in [-0.2, 0) is 12.7 Å². The maximum atomic E-state index is 14.4. The third-order valence-corrected chi connectivity index (χ3v) is 11.9. The Morgan fingerprint density at radius 2 is 1.82 bits per heavy atom. The number of likely N-dealkylation sites (tertiary alicyclic amines) is 1. The molecule has 3 aromatic heterocycles. The molecule has 1 N–H and O–H groups in total. The summed E-state index contributed by atoms with van der Waals surface area (Å²) in [7, 11) is 2.22. The van der Waals surface area contributed by atoms with Gasteiger partial charge in [-0.1, -0.05) is 13.3 Å². The number of fused-ring (bicyclic) bond motifs is 1. The van der Waals surface area contributed by atoms with Gasteiger partial charge in [-0.3, -0.25) is 13.9 Å². The number of hydrogen-bond acceptors (Lipinski definition) is 5. The van der Waals surface area contributed by atoms with Crippen LogP contribution in [0.15, 0.2) is 34.7 Å². The molecule has 0 radical (unpaired) electrons. The lowest BCUT2D eigenvalue weighted by atomic mass is 9.73. The molecule has 44 heavy (non-hydrogen) atoms. The second-order valence-corrected chi connectivity index (χ2v) is 15.0. The Kier molecular flexibility index (Phi) is 8.23. The van der Waals surface area contributed by atoms with Gasteiger partial charge in [0.1, 0.15) is 6.67 Å². The molecule has 4 aliphatic rings. The van der Waals surface area contributed by atoms with Crippen LogP contribution < -0.4 is 11.1 Å². The van der Waals surface area contributed by atoms with Crippen LogP contribution in [0.4, 0.5) is 13.2 Å². The molecule has 0 bridgehead atoms. The molecule has 0 amide bonds. The van der Waals surface area contributed by atoms with E-state index in [2.05, 4.69) is 35.3 Å². The zero-order chi connectivity index (χ0) is 30.6. The van der Waals surface area contributed by atoms with Gasteiger partial charge >= 0.3 is 11.9 Å². The highest BCUT2D eigenvalue weighted by Gasteiger charge is 2.53. The van der Waals surface area contributed by atoms with Crippen molar-refractivity contribution < 1.29 is 17.8 Å². The summed E-state index contributed by atoms with van der Waals surface area (Å²) in [5, 5.41) is 1.97. The van der Waals surface area contributed by atoms with E-state index in [1.54, 1.807) is 17.5 Å². The lowest BCUT2D eigenvalue weighted by Gasteiger charge is -2.46. The predicted octanol–water partition coefficient (Wildman–Crippen LogP) is 6.41. The van der Waals surface area contributed by atoms with Crippen molar-refractivity contribution in [1.82, 2.24) is 24.2 Å². The van der Waals surface area contributed by atoms with Crippen LogP contribution >= 0.6 is 11.3 Å². The van der Waals surface area contributed by atoms with E-state index in [-0.39, 0.29) is 5.52 Å². The molecule has 3 saturated heterocycles. The molecule has 1 unspecified atom stereocenters. The molecule has 1 aliphatic carbocycles. The number of imidazole rings is 1. The van der Waals surface area contributed by atoms with Crippen LogP contribution in [-0.4, -0.2) is 69.4 Å². The Morgan fingerprint density at radius 3 is 2.50 bits per heavy atom. The Morgan fingerprint density at radius 1 is 1.05 bits per heavy atom. The van der Waals surface area contributed by atoms with E-state index in [4.69, 9.17) is 0 Å².